The SMILES string of the molecule is CCC(Oc1ccccc1Cl)C(=O)NC(C)c1ccc(N2CCC(C)CC2)cc1. The molecule has 2 unspecified atom stereocenters. The standard InChI is InChI=1S/C24H31ClN2O2/c1-4-22(29-23-8-6-5-7-21(23)25)24(28)26-18(3)19-9-11-20(12-10-19)27-15-13-17(2)14-16-27/h5-12,17-18,22H,4,13-16H2,1-3H3,(H,26,28). The fourth-order valence-electron chi connectivity index (χ4n) is 3.65. The van der Waals surface area contributed by atoms with Crippen molar-refractivity contribution < 1.29 is 9.53 Å². The molecule has 5 heteroatoms. The van der Waals surface area contributed by atoms with Crippen molar-refractivity contribution in [1.29, 1.82) is 0 Å². The molecule has 2 atom stereocenters. The lowest BCUT2D eigenvalue weighted by Gasteiger charge is -2.32. The van der Waals surface area contributed by atoms with Crippen LogP contribution in [-0.4, -0.2) is 25.1 Å². The Morgan fingerprint density at radius 3 is 2.45 bits per heavy atom. The molecule has 1 heterocycles. The van der Waals surface area contributed by atoms with E-state index in [1.165, 1.54) is 18.5 Å². The second kappa shape index (κ2) is 10.0. The molecule has 1 N–H and O–H groups in total. The minimum absolute atomic E-state index is 0.0955. The minimum Gasteiger partial charge on any atom is -0.479 e. The Hall–Kier alpha value is -2.20. The second-order valence-electron chi connectivity index (χ2n) is 7.94. The van der Waals surface area contributed by atoms with E-state index in [1.54, 1.807) is 12.1 Å². The van der Waals surface area contributed by atoms with Crippen LogP contribution in [0.15, 0.2) is 48.5 Å². The number of anilines is 1. The zero-order valence-corrected chi connectivity index (χ0v) is 18.3. The number of carbonyl (C=O) groups is 1. The molecule has 156 valence electrons. The Labute approximate surface area is 179 Å². The van der Waals surface area contributed by atoms with Gasteiger partial charge < -0.3 is 15.0 Å². The van der Waals surface area contributed by atoms with E-state index in [9.17, 15) is 4.79 Å². The van der Waals surface area contributed by atoms with Gasteiger partial charge in [0, 0.05) is 18.8 Å². The lowest BCUT2D eigenvalue weighted by molar-refractivity contribution is -0.128. The fraction of sp³-hybridized carbons (Fsp3) is 0.458. The number of nitrogens with one attached hydrogen (secondary N) is 1. The van der Waals surface area contributed by atoms with Gasteiger partial charge in [0.25, 0.3) is 5.91 Å². The predicted molar refractivity (Wildman–Crippen MR) is 120 cm³/mol. The third-order valence-electron chi connectivity index (χ3n) is 5.67. The summed E-state index contributed by atoms with van der Waals surface area (Å²) in [6, 6.07) is 15.7. The van der Waals surface area contributed by atoms with Gasteiger partial charge in [-0.1, -0.05) is 49.7 Å². The first-order valence-electron chi connectivity index (χ1n) is 10.5. The molecule has 3 rings (SSSR count). The quantitative estimate of drug-likeness (QED) is 0.640. The zero-order valence-electron chi connectivity index (χ0n) is 17.5. The molecule has 0 radical (unpaired) electrons. The second-order valence-corrected chi connectivity index (χ2v) is 8.34. The average Bonchev–Trinajstić information content (AvgIpc) is 2.73. The van der Waals surface area contributed by atoms with Gasteiger partial charge in [-0.15, -0.1) is 0 Å². The summed E-state index contributed by atoms with van der Waals surface area (Å²) in [4.78, 5) is 15.2. The summed E-state index contributed by atoms with van der Waals surface area (Å²) in [6.45, 7) is 8.48. The topological polar surface area (TPSA) is 41.6 Å². The van der Waals surface area contributed by atoms with Crippen molar-refractivity contribution in [2.45, 2.75) is 52.2 Å². The smallest absolute Gasteiger partial charge is 0.261 e. The third-order valence-corrected chi connectivity index (χ3v) is 5.98. The van der Waals surface area contributed by atoms with Crippen LogP contribution in [0.5, 0.6) is 5.75 Å². The van der Waals surface area contributed by atoms with Crippen molar-refractivity contribution in [3.05, 3.63) is 59.1 Å². The molecule has 2 aromatic rings. The first-order valence-corrected chi connectivity index (χ1v) is 10.9. The molecule has 1 aliphatic heterocycles. The molecule has 0 saturated carbocycles. The van der Waals surface area contributed by atoms with Crippen LogP contribution in [0.4, 0.5) is 5.69 Å². The van der Waals surface area contributed by atoms with Gasteiger partial charge in [-0.25, -0.2) is 0 Å². The summed E-state index contributed by atoms with van der Waals surface area (Å²) in [5, 5.41) is 3.58. The first kappa shape index (κ1) is 21.5. The number of piperidine rings is 1. The van der Waals surface area contributed by atoms with Crippen molar-refractivity contribution in [3.63, 3.8) is 0 Å². The molecule has 0 spiro atoms. The van der Waals surface area contributed by atoms with E-state index in [4.69, 9.17) is 16.3 Å². The molecule has 0 aromatic heterocycles. The van der Waals surface area contributed by atoms with E-state index in [0.29, 0.717) is 17.2 Å². The first-order chi connectivity index (χ1) is 14.0. The van der Waals surface area contributed by atoms with Crippen molar-refractivity contribution in [3.8, 4) is 5.75 Å². The Morgan fingerprint density at radius 2 is 1.83 bits per heavy atom. The van der Waals surface area contributed by atoms with Gasteiger partial charge in [0.05, 0.1) is 11.1 Å². The maximum absolute atomic E-state index is 12.7. The van der Waals surface area contributed by atoms with Gasteiger partial charge in [-0.05, 0) is 61.9 Å². The van der Waals surface area contributed by atoms with Crippen LogP contribution >= 0.6 is 11.6 Å². The summed E-state index contributed by atoms with van der Waals surface area (Å²) in [7, 11) is 0. The van der Waals surface area contributed by atoms with Crippen molar-refractivity contribution >= 4 is 23.2 Å². The number of hydrogen-bond donors (Lipinski definition) is 1. The molecule has 0 bridgehead atoms. The van der Waals surface area contributed by atoms with Crippen LogP contribution in [0, 0.1) is 5.92 Å². The number of halogens is 1. The molecular formula is C24H31ClN2O2. The van der Waals surface area contributed by atoms with Crippen LogP contribution in [-0.2, 0) is 4.79 Å². The van der Waals surface area contributed by atoms with Gasteiger partial charge >= 0.3 is 0 Å². The van der Waals surface area contributed by atoms with E-state index < -0.39 is 6.10 Å². The van der Waals surface area contributed by atoms with Crippen LogP contribution in [0.3, 0.4) is 0 Å². The molecule has 1 aliphatic rings. The van der Waals surface area contributed by atoms with Gasteiger partial charge in [-0.3, -0.25) is 4.79 Å². The monoisotopic (exact) mass is 414 g/mol. The summed E-state index contributed by atoms with van der Waals surface area (Å²) in [5.41, 5.74) is 2.34. The zero-order chi connectivity index (χ0) is 20.8. The van der Waals surface area contributed by atoms with Gasteiger partial charge in [0.2, 0.25) is 0 Å². The number of amides is 1. The van der Waals surface area contributed by atoms with Gasteiger partial charge in [0.15, 0.2) is 6.10 Å². The summed E-state index contributed by atoms with van der Waals surface area (Å²) < 4.78 is 5.85. The largest absolute Gasteiger partial charge is 0.479 e. The molecule has 29 heavy (non-hydrogen) atoms. The highest BCUT2D eigenvalue weighted by molar-refractivity contribution is 6.32. The number of ether oxygens (including phenoxy) is 1. The fourth-order valence-corrected chi connectivity index (χ4v) is 3.83. The highest BCUT2D eigenvalue weighted by atomic mass is 35.5. The maximum Gasteiger partial charge on any atom is 0.261 e. The van der Waals surface area contributed by atoms with E-state index >= 15 is 0 Å². The number of carbonyl (C=O) groups excluding carboxylic acids is 1. The molecule has 4 nitrogen and oxygen atoms in total. The van der Waals surface area contributed by atoms with E-state index in [-0.39, 0.29) is 11.9 Å². The Bertz CT molecular complexity index is 801. The van der Waals surface area contributed by atoms with Gasteiger partial charge in [-0.2, -0.15) is 0 Å². The van der Waals surface area contributed by atoms with Crippen molar-refractivity contribution in [2.75, 3.05) is 18.0 Å². The number of hydrogen-bond acceptors (Lipinski definition) is 3. The Balaban J connectivity index is 1.59. The lowest BCUT2D eigenvalue weighted by atomic mass is 9.98. The molecule has 1 saturated heterocycles. The Kier molecular flexibility index (Phi) is 7.43. The van der Waals surface area contributed by atoms with Crippen molar-refractivity contribution in [2.24, 2.45) is 5.92 Å². The van der Waals surface area contributed by atoms with E-state index in [2.05, 4.69) is 41.4 Å². The number of benzene rings is 2. The van der Waals surface area contributed by atoms with Crippen LogP contribution in [0.25, 0.3) is 0 Å². The number of para-hydroxylation sites is 1. The summed E-state index contributed by atoms with van der Waals surface area (Å²) in [6.07, 6.45) is 2.48. The van der Waals surface area contributed by atoms with E-state index in [0.717, 1.165) is 24.6 Å². The minimum atomic E-state index is -0.577. The third kappa shape index (κ3) is 5.66. The summed E-state index contributed by atoms with van der Waals surface area (Å²) in [5.74, 6) is 1.22. The molecule has 1 amide bonds. The average molecular weight is 415 g/mol. The highest BCUT2D eigenvalue weighted by Gasteiger charge is 2.22. The van der Waals surface area contributed by atoms with Crippen LogP contribution < -0.4 is 15.0 Å². The van der Waals surface area contributed by atoms with Crippen molar-refractivity contribution in [1.82, 2.24) is 5.32 Å². The summed E-state index contributed by atoms with van der Waals surface area (Å²) >= 11 is 6.16. The van der Waals surface area contributed by atoms with Crippen LogP contribution in [0.1, 0.15) is 51.6 Å². The molecule has 1 fully saturated rings. The maximum atomic E-state index is 12.7. The van der Waals surface area contributed by atoms with E-state index in [1.807, 2.05) is 26.0 Å². The van der Waals surface area contributed by atoms with Crippen LogP contribution in [0.2, 0.25) is 5.02 Å². The lowest BCUT2D eigenvalue weighted by Crippen LogP contribution is -2.39. The Morgan fingerprint density at radius 1 is 1.17 bits per heavy atom. The van der Waals surface area contributed by atoms with Gasteiger partial charge in [0.1, 0.15) is 5.75 Å². The predicted octanol–water partition coefficient (Wildman–Crippen LogP) is 5.61. The highest BCUT2D eigenvalue weighted by Crippen LogP contribution is 2.26. The molecule has 0 aliphatic carbocycles. The number of rotatable bonds is 7. The molecular weight excluding hydrogens is 384 g/mol. The number of nitrogens with zero attached hydrogens (tertiary/aromatic N) is 1. The normalized spacial score (nSPS) is 16.9. The molecule has 2 aromatic carbocycles.